The van der Waals surface area contributed by atoms with Crippen LogP contribution in [0.4, 0.5) is 0 Å². The maximum absolute atomic E-state index is 5.47. The van der Waals surface area contributed by atoms with Crippen LogP contribution in [0, 0.1) is 6.92 Å². The Hall–Kier alpha value is -0.870. The van der Waals surface area contributed by atoms with Crippen LogP contribution in [-0.2, 0) is 11.3 Å². The van der Waals surface area contributed by atoms with Crippen molar-refractivity contribution in [2.45, 2.75) is 33.4 Å². The topological polar surface area (TPSA) is 39.1 Å². The van der Waals surface area contributed by atoms with Gasteiger partial charge in [-0.3, -0.25) is 4.68 Å². The number of nitrogens with one attached hydrogen (secondary N) is 1. The Labute approximate surface area is 91.6 Å². The first kappa shape index (κ1) is 12.2. The van der Waals surface area contributed by atoms with Crippen molar-refractivity contribution in [2.75, 3.05) is 19.8 Å². The van der Waals surface area contributed by atoms with Crippen molar-refractivity contribution in [3.8, 4) is 0 Å². The van der Waals surface area contributed by atoms with E-state index in [1.54, 1.807) is 0 Å². The highest BCUT2D eigenvalue weighted by Crippen LogP contribution is 1.92. The molecule has 0 aliphatic heterocycles. The van der Waals surface area contributed by atoms with Gasteiger partial charge in [-0.25, -0.2) is 0 Å². The van der Waals surface area contributed by atoms with Crippen LogP contribution in [0.15, 0.2) is 12.3 Å². The van der Waals surface area contributed by atoms with Gasteiger partial charge in [-0.2, -0.15) is 5.10 Å². The summed E-state index contributed by atoms with van der Waals surface area (Å²) >= 11 is 0. The smallest absolute Gasteiger partial charge is 0.0663 e. The van der Waals surface area contributed by atoms with Gasteiger partial charge < -0.3 is 10.1 Å². The predicted molar refractivity (Wildman–Crippen MR) is 60.9 cm³/mol. The van der Waals surface area contributed by atoms with E-state index in [0.29, 0.717) is 6.04 Å². The maximum Gasteiger partial charge on any atom is 0.0663 e. The average molecular weight is 211 g/mol. The van der Waals surface area contributed by atoms with Gasteiger partial charge in [-0.05, 0) is 13.0 Å². The summed E-state index contributed by atoms with van der Waals surface area (Å²) in [5.41, 5.74) is 1.05. The number of nitrogens with zero attached hydrogens (tertiary/aromatic N) is 2. The van der Waals surface area contributed by atoms with Gasteiger partial charge in [-0.15, -0.1) is 0 Å². The highest BCUT2D eigenvalue weighted by atomic mass is 16.5. The molecule has 4 nitrogen and oxygen atoms in total. The molecular formula is C11H21N3O. The SMILES string of the molecule is Cc1ccn(CCOCCNC(C)C)n1. The van der Waals surface area contributed by atoms with Gasteiger partial charge in [0.15, 0.2) is 0 Å². The van der Waals surface area contributed by atoms with E-state index in [1.807, 2.05) is 23.9 Å². The van der Waals surface area contributed by atoms with Crippen LogP contribution < -0.4 is 5.32 Å². The van der Waals surface area contributed by atoms with Gasteiger partial charge in [0.05, 0.1) is 25.5 Å². The minimum atomic E-state index is 0.530. The lowest BCUT2D eigenvalue weighted by Crippen LogP contribution is -2.27. The molecule has 0 aromatic carbocycles. The molecule has 4 heteroatoms. The quantitative estimate of drug-likeness (QED) is 0.689. The molecule has 86 valence electrons. The first-order chi connectivity index (χ1) is 7.18. The third-order valence-corrected chi connectivity index (χ3v) is 2.04. The molecule has 0 radical (unpaired) electrons. The van der Waals surface area contributed by atoms with Crippen molar-refractivity contribution >= 4 is 0 Å². The van der Waals surface area contributed by atoms with Gasteiger partial charge in [-0.1, -0.05) is 13.8 Å². The first-order valence-corrected chi connectivity index (χ1v) is 5.49. The molecule has 15 heavy (non-hydrogen) atoms. The Balaban J connectivity index is 1.98. The number of aryl methyl sites for hydroxylation is 1. The molecule has 0 saturated heterocycles. The fraction of sp³-hybridized carbons (Fsp3) is 0.727. The summed E-state index contributed by atoms with van der Waals surface area (Å²) in [6.07, 6.45) is 1.98. The van der Waals surface area contributed by atoms with Crippen LogP contribution in [0.5, 0.6) is 0 Å². The molecule has 1 N–H and O–H groups in total. The van der Waals surface area contributed by atoms with E-state index in [1.165, 1.54) is 0 Å². The highest BCUT2D eigenvalue weighted by molar-refractivity contribution is 4.94. The van der Waals surface area contributed by atoms with Gasteiger partial charge in [0.2, 0.25) is 0 Å². The molecule has 0 spiro atoms. The third-order valence-electron chi connectivity index (χ3n) is 2.04. The molecule has 0 amide bonds. The monoisotopic (exact) mass is 211 g/mol. The van der Waals surface area contributed by atoms with Crippen molar-refractivity contribution < 1.29 is 4.74 Å². The van der Waals surface area contributed by atoms with Crippen LogP contribution >= 0.6 is 0 Å². The molecule has 1 aromatic rings. The predicted octanol–water partition coefficient (Wildman–Crippen LogP) is 1.21. The minimum Gasteiger partial charge on any atom is -0.378 e. The first-order valence-electron chi connectivity index (χ1n) is 5.49. The Morgan fingerprint density at radius 3 is 2.87 bits per heavy atom. The van der Waals surface area contributed by atoms with Gasteiger partial charge in [0.25, 0.3) is 0 Å². The second kappa shape index (κ2) is 6.58. The minimum absolute atomic E-state index is 0.530. The summed E-state index contributed by atoms with van der Waals surface area (Å²) in [7, 11) is 0. The average Bonchev–Trinajstić information content (AvgIpc) is 2.57. The molecule has 0 bridgehead atoms. The van der Waals surface area contributed by atoms with Crippen LogP contribution in [0.3, 0.4) is 0 Å². The lowest BCUT2D eigenvalue weighted by molar-refractivity contribution is 0.124. The number of rotatable bonds is 7. The highest BCUT2D eigenvalue weighted by Gasteiger charge is 1.95. The van der Waals surface area contributed by atoms with E-state index in [4.69, 9.17) is 4.74 Å². The van der Waals surface area contributed by atoms with Crippen LogP contribution in [-0.4, -0.2) is 35.6 Å². The van der Waals surface area contributed by atoms with E-state index in [0.717, 1.165) is 32.0 Å². The number of hydrogen-bond acceptors (Lipinski definition) is 3. The van der Waals surface area contributed by atoms with Crippen molar-refractivity contribution in [3.63, 3.8) is 0 Å². The second-order valence-electron chi connectivity index (χ2n) is 3.94. The maximum atomic E-state index is 5.47. The summed E-state index contributed by atoms with van der Waals surface area (Å²) in [5.74, 6) is 0. The van der Waals surface area contributed by atoms with E-state index in [9.17, 15) is 0 Å². The molecule has 1 rings (SSSR count). The summed E-state index contributed by atoms with van der Waals surface area (Å²) < 4.78 is 7.38. The third kappa shape index (κ3) is 5.54. The molecule has 1 aromatic heterocycles. The van der Waals surface area contributed by atoms with Gasteiger partial charge in [0.1, 0.15) is 0 Å². The van der Waals surface area contributed by atoms with Crippen LogP contribution in [0.2, 0.25) is 0 Å². The van der Waals surface area contributed by atoms with Crippen molar-refractivity contribution in [2.24, 2.45) is 0 Å². The zero-order valence-corrected chi connectivity index (χ0v) is 9.86. The Bertz CT molecular complexity index is 271. The van der Waals surface area contributed by atoms with E-state index >= 15 is 0 Å². The zero-order valence-electron chi connectivity index (χ0n) is 9.86. The van der Waals surface area contributed by atoms with Crippen molar-refractivity contribution in [1.29, 1.82) is 0 Å². The molecule has 0 saturated carbocycles. The standard InChI is InChI=1S/C11H21N3O/c1-10(2)12-5-8-15-9-7-14-6-4-11(3)13-14/h4,6,10,12H,5,7-9H2,1-3H3. The molecule has 0 aliphatic rings. The lowest BCUT2D eigenvalue weighted by Gasteiger charge is -2.08. The lowest BCUT2D eigenvalue weighted by atomic mass is 10.4. The fourth-order valence-electron chi connectivity index (χ4n) is 1.27. The normalized spacial score (nSPS) is 11.2. The van der Waals surface area contributed by atoms with Gasteiger partial charge >= 0.3 is 0 Å². The van der Waals surface area contributed by atoms with Gasteiger partial charge in [0, 0.05) is 18.8 Å². The van der Waals surface area contributed by atoms with E-state index in [2.05, 4.69) is 24.3 Å². The van der Waals surface area contributed by atoms with E-state index < -0.39 is 0 Å². The molecule has 0 unspecified atom stereocenters. The largest absolute Gasteiger partial charge is 0.378 e. The molecular weight excluding hydrogens is 190 g/mol. The Kier molecular flexibility index (Phi) is 5.36. The molecule has 0 atom stereocenters. The molecule has 0 aliphatic carbocycles. The summed E-state index contributed by atoms with van der Waals surface area (Å²) in [6.45, 7) is 9.48. The summed E-state index contributed by atoms with van der Waals surface area (Å²) in [4.78, 5) is 0. The Morgan fingerprint density at radius 2 is 2.27 bits per heavy atom. The van der Waals surface area contributed by atoms with Crippen molar-refractivity contribution in [3.05, 3.63) is 18.0 Å². The number of aromatic nitrogens is 2. The number of hydrogen-bond donors (Lipinski definition) is 1. The summed E-state index contributed by atoms with van der Waals surface area (Å²) in [5, 5.41) is 7.58. The summed E-state index contributed by atoms with van der Waals surface area (Å²) in [6, 6.07) is 2.53. The van der Waals surface area contributed by atoms with Crippen LogP contribution in [0.1, 0.15) is 19.5 Å². The zero-order chi connectivity index (χ0) is 11.1. The van der Waals surface area contributed by atoms with Crippen molar-refractivity contribution in [1.82, 2.24) is 15.1 Å². The van der Waals surface area contributed by atoms with Crippen LogP contribution in [0.25, 0.3) is 0 Å². The molecule has 0 fully saturated rings. The second-order valence-corrected chi connectivity index (χ2v) is 3.94. The van der Waals surface area contributed by atoms with E-state index in [-0.39, 0.29) is 0 Å². The molecule has 1 heterocycles. The Morgan fingerprint density at radius 1 is 1.47 bits per heavy atom. The fourth-order valence-corrected chi connectivity index (χ4v) is 1.27. The number of ether oxygens (including phenoxy) is 1.